The first-order chi connectivity index (χ1) is 8.03. The molecule has 17 heavy (non-hydrogen) atoms. The van der Waals surface area contributed by atoms with Gasteiger partial charge < -0.3 is 15.0 Å². The first kappa shape index (κ1) is 12.7. The van der Waals surface area contributed by atoms with Gasteiger partial charge in [0.2, 0.25) is 5.91 Å². The fourth-order valence-corrected chi connectivity index (χ4v) is 2.60. The number of rotatable bonds is 3. The molecular formula is C11H18F2N2O2. The third-order valence-electron chi connectivity index (χ3n) is 3.43. The highest BCUT2D eigenvalue weighted by Crippen LogP contribution is 2.33. The van der Waals surface area contributed by atoms with Gasteiger partial charge in [-0.25, -0.2) is 8.78 Å². The van der Waals surface area contributed by atoms with Crippen molar-refractivity contribution in [1.82, 2.24) is 10.2 Å². The second-order valence-corrected chi connectivity index (χ2v) is 4.83. The summed E-state index contributed by atoms with van der Waals surface area (Å²) in [5, 5.41) is 3.08. The van der Waals surface area contributed by atoms with Gasteiger partial charge in [-0.1, -0.05) is 0 Å². The Morgan fingerprint density at radius 3 is 2.94 bits per heavy atom. The maximum Gasteiger partial charge on any atom is 0.267 e. The number of carbonyl (C=O) groups is 1. The van der Waals surface area contributed by atoms with Gasteiger partial charge in [-0.3, -0.25) is 4.79 Å². The third-order valence-corrected chi connectivity index (χ3v) is 3.43. The molecular weight excluding hydrogens is 230 g/mol. The minimum atomic E-state index is -2.77. The van der Waals surface area contributed by atoms with Crippen LogP contribution in [-0.2, 0) is 9.53 Å². The van der Waals surface area contributed by atoms with Crippen molar-refractivity contribution in [2.24, 2.45) is 5.92 Å². The SMILES string of the molecule is COCC1CC(F)(F)CN1C(=O)C1CCNC1. The molecule has 2 atom stereocenters. The van der Waals surface area contributed by atoms with Crippen molar-refractivity contribution in [3.63, 3.8) is 0 Å². The lowest BCUT2D eigenvalue weighted by atomic mass is 10.1. The summed E-state index contributed by atoms with van der Waals surface area (Å²) in [6.45, 7) is 1.11. The molecule has 2 rings (SSSR count). The lowest BCUT2D eigenvalue weighted by Crippen LogP contribution is -2.42. The zero-order valence-corrected chi connectivity index (χ0v) is 9.92. The Kier molecular flexibility index (Phi) is 3.63. The van der Waals surface area contributed by atoms with E-state index in [2.05, 4.69) is 5.32 Å². The van der Waals surface area contributed by atoms with E-state index < -0.39 is 18.5 Å². The summed E-state index contributed by atoms with van der Waals surface area (Å²) in [5.41, 5.74) is 0. The van der Waals surface area contributed by atoms with Crippen LogP contribution in [0.3, 0.4) is 0 Å². The molecule has 4 nitrogen and oxygen atoms in total. The van der Waals surface area contributed by atoms with Crippen molar-refractivity contribution >= 4 is 5.91 Å². The maximum absolute atomic E-state index is 13.4. The lowest BCUT2D eigenvalue weighted by molar-refractivity contribution is -0.137. The molecule has 0 aromatic rings. The van der Waals surface area contributed by atoms with Gasteiger partial charge in [0.25, 0.3) is 5.92 Å². The molecule has 2 heterocycles. The average Bonchev–Trinajstić information content (AvgIpc) is 2.85. The number of hydrogen-bond donors (Lipinski definition) is 1. The van der Waals surface area contributed by atoms with Gasteiger partial charge in [-0.05, 0) is 13.0 Å². The molecule has 2 aliphatic heterocycles. The van der Waals surface area contributed by atoms with E-state index in [1.165, 1.54) is 12.0 Å². The number of carbonyl (C=O) groups excluding carboxylic acids is 1. The minimum Gasteiger partial charge on any atom is -0.383 e. The number of nitrogens with one attached hydrogen (secondary N) is 1. The maximum atomic E-state index is 13.4. The quantitative estimate of drug-likeness (QED) is 0.790. The molecule has 0 saturated carbocycles. The molecule has 0 aromatic heterocycles. The molecule has 2 unspecified atom stereocenters. The largest absolute Gasteiger partial charge is 0.383 e. The molecule has 1 amide bonds. The van der Waals surface area contributed by atoms with Gasteiger partial charge in [0.05, 0.1) is 25.1 Å². The molecule has 0 bridgehead atoms. The Morgan fingerprint density at radius 1 is 1.59 bits per heavy atom. The number of halogens is 2. The standard InChI is InChI=1S/C11H18F2N2O2/c1-17-6-9-4-11(12,13)7-15(9)10(16)8-2-3-14-5-8/h8-9,14H,2-7H2,1H3. The number of likely N-dealkylation sites (tertiary alicyclic amines) is 1. The van der Waals surface area contributed by atoms with Crippen LogP contribution in [0.5, 0.6) is 0 Å². The van der Waals surface area contributed by atoms with Crippen molar-refractivity contribution in [2.75, 3.05) is 33.4 Å². The van der Waals surface area contributed by atoms with Crippen LogP contribution >= 0.6 is 0 Å². The van der Waals surface area contributed by atoms with Crippen LogP contribution in [0.1, 0.15) is 12.8 Å². The number of amides is 1. The zero-order valence-electron chi connectivity index (χ0n) is 9.92. The Bertz CT molecular complexity index is 293. The van der Waals surface area contributed by atoms with Crippen LogP contribution in [-0.4, -0.2) is 56.1 Å². The van der Waals surface area contributed by atoms with E-state index in [0.29, 0.717) is 6.54 Å². The first-order valence-corrected chi connectivity index (χ1v) is 5.91. The summed E-state index contributed by atoms with van der Waals surface area (Å²) in [5.74, 6) is -3.08. The van der Waals surface area contributed by atoms with Crippen molar-refractivity contribution in [1.29, 1.82) is 0 Å². The van der Waals surface area contributed by atoms with E-state index in [1.807, 2.05) is 0 Å². The summed E-state index contributed by atoms with van der Waals surface area (Å²) < 4.78 is 31.6. The van der Waals surface area contributed by atoms with Crippen LogP contribution in [0, 0.1) is 5.92 Å². The molecule has 2 aliphatic rings. The second-order valence-electron chi connectivity index (χ2n) is 4.83. The van der Waals surface area contributed by atoms with Gasteiger partial charge in [-0.15, -0.1) is 0 Å². The van der Waals surface area contributed by atoms with E-state index in [9.17, 15) is 13.6 Å². The predicted octanol–water partition coefficient (Wildman–Crippen LogP) is 0.479. The highest BCUT2D eigenvalue weighted by atomic mass is 19.3. The second kappa shape index (κ2) is 4.86. The number of ether oxygens (including phenoxy) is 1. The fourth-order valence-electron chi connectivity index (χ4n) is 2.60. The van der Waals surface area contributed by atoms with E-state index in [-0.39, 0.29) is 24.9 Å². The van der Waals surface area contributed by atoms with Crippen molar-refractivity contribution < 1.29 is 18.3 Å². The Hall–Kier alpha value is -0.750. The number of nitrogens with zero attached hydrogens (tertiary/aromatic N) is 1. The Balaban J connectivity index is 2.03. The van der Waals surface area contributed by atoms with Crippen molar-refractivity contribution in [3.05, 3.63) is 0 Å². The van der Waals surface area contributed by atoms with Crippen molar-refractivity contribution in [2.45, 2.75) is 24.8 Å². The third kappa shape index (κ3) is 2.74. The van der Waals surface area contributed by atoms with Gasteiger partial charge >= 0.3 is 0 Å². The molecule has 98 valence electrons. The average molecular weight is 248 g/mol. The van der Waals surface area contributed by atoms with E-state index in [1.54, 1.807) is 0 Å². The lowest BCUT2D eigenvalue weighted by Gasteiger charge is -2.25. The van der Waals surface area contributed by atoms with Crippen LogP contribution in [0.25, 0.3) is 0 Å². The molecule has 0 aromatic carbocycles. The topological polar surface area (TPSA) is 41.6 Å². The normalized spacial score (nSPS) is 32.1. The van der Waals surface area contributed by atoms with Crippen LogP contribution in [0.2, 0.25) is 0 Å². The smallest absolute Gasteiger partial charge is 0.267 e. The molecule has 0 radical (unpaired) electrons. The van der Waals surface area contributed by atoms with Gasteiger partial charge in [0.1, 0.15) is 0 Å². The zero-order chi connectivity index (χ0) is 12.5. The van der Waals surface area contributed by atoms with Crippen molar-refractivity contribution in [3.8, 4) is 0 Å². The van der Waals surface area contributed by atoms with E-state index in [4.69, 9.17) is 4.74 Å². The predicted molar refractivity (Wildman–Crippen MR) is 57.9 cm³/mol. The summed E-state index contributed by atoms with van der Waals surface area (Å²) in [6, 6.07) is -0.483. The highest BCUT2D eigenvalue weighted by Gasteiger charge is 2.48. The molecule has 1 N–H and O–H groups in total. The van der Waals surface area contributed by atoms with Gasteiger partial charge in [0, 0.05) is 20.1 Å². The van der Waals surface area contributed by atoms with E-state index in [0.717, 1.165) is 13.0 Å². The summed E-state index contributed by atoms with van der Waals surface area (Å²) in [4.78, 5) is 13.4. The summed E-state index contributed by atoms with van der Waals surface area (Å²) >= 11 is 0. The minimum absolute atomic E-state index is 0.150. The van der Waals surface area contributed by atoms with Gasteiger partial charge in [0.15, 0.2) is 0 Å². The highest BCUT2D eigenvalue weighted by molar-refractivity contribution is 5.80. The summed E-state index contributed by atoms with van der Waals surface area (Å²) in [6.07, 6.45) is 0.452. The van der Waals surface area contributed by atoms with Crippen LogP contribution < -0.4 is 5.32 Å². The van der Waals surface area contributed by atoms with Gasteiger partial charge in [-0.2, -0.15) is 0 Å². The molecule has 0 spiro atoms. The number of alkyl halides is 2. The molecule has 2 saturated heterocycles. The monoisotopic (exact) mass is 248 g/mol. The molecule has 6 heteroatoms. The number of methoxy groups -OCH3 is 1. The Morgan fingerprint density at radius 2 is 2.35 bits per heavy atom. The Labute approximate surface area is 99.3 Å². The summed E-state index contributed by atoms with van der Waals surface area (Å²) in [7, 11) is 1.47. The number of hydrogen-bond acceptors (Lipinski definition) is 3. The first-order valence-electron chi connectivity index (χ1n) is 5.91. The van der Waals surface area contributed by atoms with E-state index >= 15 is 0 Å². The van der Waals surface area contributed by atoms with Crippen LogP contribution in [0.15, 0.2) is 0 Å². The molecule has 0 aliphatic carbocycles. The molecule has 2 fully saturated rings. The van der Waals surface area contributed by atoms with Crippen LogP contribution in [0.4, 0.5) is 8.78 Å². The fraction of sp³-hybridized carbons (Fsp3) is 0.909.